The highest BCUT2D eigenvalue weighted by atomic mass is 32.2. The molecule has 0 saturated heterocycles. The molecule has 1 aliphatic rings. The molecule has 0 aromatic heterocycles. The molecular formula is C17H27NS. The second kappa shape index (κ2) is 7.96. The van der Waals surface area contributed by atoms with Gasteiger partial charge >= 0.3 is 0 Å². The van der Waals surface area contributed by atoms with Gasteiger partial charge in [0.05, 0.1) is 0 Å². The summed E-state index contributed by atoms with van der Waals surface area (Å²) in [4.78, 5) is 1.35. The van der Waals surface area contributed by atoms with E-state index in [1.807, 2.05) is 0 Å². The van der Waals surface area contributed by atoms with Gasteiger partial charge in [0, 0.05) is 11.4 Å². The van der Waals surface area contributed by atoms with Gasteiger partial charge in [-0.05, 0) is 55.2 Å². The Labute approximate surface area is 122 Å². The Morgan fingerprint density at radius 2 is 2.00 bits per heavy atom. The van der Waals surface area contributed by atoms with E-state index in [4.69, 9.17) is 0 Å². The minimum atomic E-state index is 0.956. The molecule has 1 saturated carbocycles. The average molecular weight is 277 g/mol. The van der Waals surface area contributed by atoms with E-state index in [1.165, 1.54) is 49.1 Å². The largest absolute Gasteiger partial charge is 0.313 e. The summed E-state index contributed by atoms with van der Waals surface area (Å²) in [7, 11) is 0. The number of rotatable bonds is 6. The van der Waals surface area contributed by atoms with Crippen LogP contribution in [0.4, 0.5) is 0 Å². The molecule has 19 heavy (non-hydrogen) atoms. The van der Waals surface area contributed by atoms with Gasteiger partial charge in [-0.25, -0.2) is 0 Å². The zero-order valence-electron chi connectivity index (χ0n) is 12.3. The summed E-state index contributed by atoms with van der Waals surface area (Å²) in [6, 6.07) is 8.90. The SMILES string of the molecule is CSc1ccc(CNCCC2CCCC(C)C2)cc1. The average Bonchev–Trinajstić information content (AvgIpc) is 2.44. The van der Waals surface area contributed by atoms with Crippen LogP contribution in [0.2, 0.25) is 0 Å². The molecule has 1 aromatic rings. The lowest BCUT2D eigenvalue weighted by molar-refractivity contribution is 0.267. The first-order valence-electron chi connectivity index (χ1n) is 7.61. The fraction of sp³-hybridized carbons (Fsp3) is 0.647. The van der Waals surface area contributed by atoms with Crippen LogP contribution >= 0.6 is 11.8 Å². The number of hydrogen-bond acceptors (Lipinski definition) is 2. The van der Waals surface area contributed by atoms with Crippen molar-refractivity contribution in [2.45, 2.75) is 50.5 Å². The van der Waals surface area contributed by atoms with Crippen molar-refractivity contribution >= 4 is 11.8 Å². The Morgan fingerprint density at radius 1 is 1.21 bits per heavy atom. The van der Waals surface area contributed by atoms with E-state index in [0.29, 0.717) is 0 Å². The van der Waals surface area contributed by atoms with Crippen LogP contribution in [-0.2, 0) is 6.54 Å². The van der Waals surface area contributed by atoms with Crippen molar-refractivity contribution in [3.05, 3.63) is 29.8 Å². The highest BCUT2D eigenvalue weighted by Gasteiger charge is 2.17. The Balaban J connectivity index is 1.63. The zero-order valence-corrected chi connectivity index (χ0v) is 13.1. The van der Waals surface area contributed by atoms with Crippen molar-refractivity contribution in [2.75, 3.05) is 12.8 Å². The van der Waals surface area contributed by atoms with Gasteiger partial charge in [0.1, 0.15) is 0 Å². The van der Waals surface area contributed by atoms with Crippen molar-refractivity contribution in [1.82, 2.24) is 5.32 Å². The van der Waals surface area contributed by atoms with Gasteiger partial charge < -0.3 is 5.32 Å². The van der Waals surface area contributed by atoms with Crippen LogP contribution in [0, 0.1) is 11.8 Å². The normalized spacial score (nSPS) is 23.5. The summed E-state index contributed by atoms with van der Waals surface area (Å²) in [5.74, 6) is 1.92. The lowest BCUT2D eigenvalue weighted by Gasteiger charge is -2.26. The predicted octanol–water partition coefficient (Wildman–Crippen LogP) is 4.71. The molecule has 0 heterocycles. The quantitative estimate of drug-likeness (QED) is 0.597. The van der Waals surface area contributed by atoms with Gasteiger partial charge in [0.15, 0.2) is 0 Å². The molecule has 1 N–H and O–H groups in total. The van der Waals surface area contributed by atoms with E-state index in [0.717, 1.165) is 18.4 Å². The standard InChI is InChI=1S/C17H27NS/c1-14-4-3-5-15(12-14)10-11-18-13-16-6-8-17(19-2)9-7-16/h6-9,14-15,18H,3-5,10-13H2,1-2H3. The van der Waals surface area contributed by atoms with E-state index in [-0.39, 0.29) is 0 Å². The van der Waals surface area contributed by atoms with Crippen molar-refractivity contribution in [1.29, 1.82) is 0 Å². The van der Waals surface area contributed by atoms with Crippen LogP contribution in [-0.4, -0.2) is 12.8 Å². The molecule has 0 aliphatic heterocycles. The minimum Gasteiger partial charge on any atom is -0.313 e. The Morgan fingerprint density at radius 3 is 2.68 bits per heavy atom. The zero-order chi connectivity index (χ0) is 13.5. The molecule has 2 heteroatoms. The molecule has 1 aromatic carbocycles. The molecule has 106 valence electrons. The highest BCUT2D eigenvalue weighted by molar-refractivity contribution is 7.98. The van der Waals surface area contributed by atoms with Crippen LogP contribution in [0.3, 0.4) is 0 Å². The van der Waals surface area contributed by atoms with Crippen LogP contribution in [0.15, 0.2) is 29.2 Å². The Kier molecular flexibility index (Phi) is 6.25. The van der Waals surface area contributed by atoms with E-state index >= 15 is 0 Å². The van der Waals surface area contributed by atoms with Crippen LogP contribution < -0.4 is 5.32 Å². The maximum atomic E-state index is 3.59. The molecule has 2 atom stereocenters. The van der Waals surface area contributed by atoms with Gasteiger partial charge in [-0.1, -0.05) is 38.3 Å². The van der Waals surface area contributed by atoms with Crippen molar-refractivity contribution in [3.63, 3.8) is 0 Å². The third kappa shape index (κ3) is 5.19. The highest BCUT2D eigenvalue weighted by Crippen LogP contribution is 2.30. The van der Waals surface area contributed by atoms with Crippen LogP contribution in [0.25, 0.3) is 0 Å². The smallest absolute Gasteiger partial charge is 0.0205 e. The molecule has 1 aliphatic carbocycles. The first-order chi connectivity index (χ1) is 9.28. The second-order valence-electron chi connectivity index (χ2n) is 5.95. The fourth-order valence-electron chi connectivity index (χ4n) is 3.10. The van der Waals surface area contributed by atoms with Crippen molar-refractivity contribution < 1.29 is 0 Å². The van der Waals surface area contributed by atoms with E-state index in [9.17, 15) is 0 Å². The fourth-order valence-corrected chi connectivity index (χ4v) is 3.51. The summed E-state index contributed by atoms with van der Waals surface area (Å²) >= 11 is 1.80. The molecule has 1 fully saturated rings. The summed E-state index contributed by atoms with van der Waals surface area (Å²) in [5, 5.41) is 3.59. The second-order valence-corrected chi connectivity index (χ2v) is 6.83. The minimum absolute atomic E-state index is 0.956. The number of thioether (sulfide) groups is 1. The Bertz CT molecular complexity index is 360. The van der Waals surface area contributed by atoms with Crippen LogP contribution in [0.5, 0.6) is 0 Å². The summed E-state index contributed by atoms with van der Waals surface area (Å²) in [6.07, 6.45) is 9.28. The maximum Gasteiger partial charge on any atom is 0.0205 e. The van der Waals surface area contributed by atoms with Crippen molar-refractivity contribution in [2.24, 2.45) is 11.8 Å². The van der Waals surface area contributed by atoms with Gasteiger partial charge in [-0.3, -0.25) is 0 Å². The van der Waals surface area contributed by atoms with Crippen LogP contribution in [0.1, 0.15) is 44.6 Å². The topological polar surface area (TPSA) is 12.0 Å². The third-order valence-electron chi connectivity index (χ3n) is 4.26. The van der Waals surface area contributed by atoms with E-state index in [1.54, 1.807) is 11.8 Å². The van der Waals surface area contributed by atoms with E-state index in [2.05, 4.69) is 42.8 Å². The van der Waals surface area contributed by atoms with Gasteiger partial charge in [-0.2, -0.15) is 0 Å². The molecule has 0 spiro atoms. The molecule has 2 rings (SSSR count). The molecule has 1 nitrogen and oxygen atoms in total. The van der Waals surface area contributed by atoms with Gasteiger partial charge in [0.25, 0.3) is 0 Å². The monoisotopic (exact) mass is 277 g/mol. The predicted molar refractivity (Wildman–Crippen MR) is 85.7 cm³/mol. The first-order valence-corrected chi connectivity index (χ1v) is 8.84. The molecule has 2 unspecified atom stereocenters. The molecular weight excluding hydrogens is 250 g/mol. The van der Waals surface area contributed by atoms with Crippen molar-refractivity contribution in [3.8, 4) is 0 Å². The number of nitrogens with one attached hydrogen (secondary N) is 1. The summed E-state index contributed by atoms with van der Waals surface area (Å²) in [5.41, 5.74) is 1.40. The lowest BCUT2D eigenvalue weighted by atomic mass is 9.81. The van der Waals surface area contributed by atoms with Gasteiger partial charge in [0.2, 0.25) is 0 Å². The third-order valence-corrected chi connectivity index (χ3v) is 5.01. The molecule has 0 bridgehead atoms. The lowest BCUT2D eigenvalue weighted by Crippen LogP contribution is -2.21. The molecule has 0 amide bonds. The number of benzene rings is 1. The van der Waals surface area contributed by atoms with E-state index < -0.39 is 0 Å². The van der Waals surface area contributed by atoms with Gasteiger partial charge in [-0.15, -0.1) is 11.8 Å². The number of hydrogen-bond donors (Lipinski definition) is 1. The first kappa shape index (κ1) is 14.9. The Hall–Kier alpha value is -0.470. The maximum absolute atomic E-state index is 3.59. The summed E-state index contributed by atoms with van der Waals surface area (Å²) in [6.45, 7) is 4.59. The summed E-state index contributed by atoms with van der Waals surface area (Å²) < 4.78 is 0. The molecule has 0 radical (unpaired) electrons.